The largest absolute Gasteiger partial charge is 0.465 e. The molecule has 0 atom stereocenters. The van der Waals surface area contributed by atoms with Gasteiger partial charge in [0.2, 0.25) is 5.91 Å². The van der Waals surface area contributed by atoms with E-state index in [2.05, 4.69) is 10.2 Å². The second-order valence-corrected chi connectivity index (χ2v) is 5.66. The third-order valence-electron chi connectivity index (χ3n) is 3.98. The second-order valence-electron chi connectivity index (χ2n) is 5.66. The Labute approximate surface area is 151 Å². The molecule has 1 N–H and O–H groups in total. The molecule has 0 saturated carbocycles. The van der Waals surface area contributed by atoms with Crippen LogP contribution in [0.5, 0.6) is 0 Å². The Hall–Kier alpha value is -3.06. The summed E-state index contributed by atoms with van der Waals surface area (Å²) in [6.07, 6.45) is 4.42. The number of rotatable bonds is 5. The van der Waals surface area contributed by atoms with Gasteiger partial charge in [-0.3, -0.25) is 4.79 Å². The molecule has 1 amide bonds. The Morgan fingerprint density at radius 3 is 2.73 bits per heavy atom. The lowest BCUT2D eigenvalue weighted by atomic mass is 10.1. The molecule has 1 fully saturated rings. The SMILES string of the molecule is COC(=O)c1cc(N2CCOCC2)ccc1NC(=O)/C=C/c1ccco1. The summed E-state index contributed by atoms with van der Waals surface area (Å²) in [5, 5.41) is 2.71. The number of nitrogens with zero attached hydrogens (tertiary/aromatic N) is 1. The molecule has 1 aromatic carbocycles. The van der Waals surface area contributed by atoms with E-state index in [0.29, 0.717) is 30.2 Å². The predicted molar refractivity (Wildman–Crippen MR) is 97.2 cm³/mol. The van der Waals surface area contributed by atoms with Gasteiger partial charge in [-0.05, 0) is 36.4 Å². The van der Waals surface area contributed by atoms with Gasteiger partial charge in [0.25, 0.3) is 0 Å². The number of esters is 1. The molecule has 26 heavy (non-hydrogen) atoms. The number of morpholine rings is 1. The number of carbonyl (C=O) groups is 2. The highest BCUT2D eigenvalue weighted by molar-refractivity contribution is 6.06. The Kier molecular flexibility index (Phi) is 5.70. The molecule has 7 nitrogen and oxygen atoms in total. The zero-order chi connectivity index (χ0) is 18.4. The van der Waals surface area contributed by atoms with E-state index >= 15 is 0 Å². The van der Waals surface area contributed by atoms with Gasteiger partial charge in [-0.15, -0.1) is 0 Å². The van der Waals surface area contributed by atoms with Crippen LogP contribution in [0.25, 0.3) is 6.08 Å². The van der Waals surface area contributed by atoms with Gasteiger partial charge < -0.3 is 24.1 Å². The zero-order valence-electron chi connectivity index (χ0n) is 14.4. The molecule has 1 aliphatic rings. The minimum atomic E-state index is -0.509. The molecule has 3 rings (SSSR count). The normalized spacial score (nSPS) is 14.4. The summed E-state index contributed by atoms with van der Waals surface area (Å²) in [5.74, 6) is -0.313. The maximum Gasteiger partial charge on any atom is 0.340 e. The summed E-state index contributed by atoms with van der Waals surface area (Å²) < 4.78 is 15.3. The average Bonchev–Trinajstić information content (AvgIpc) is 3.20. The topological polar surface area (TPSA) is 81.0 Å². The van der Waals surface area contributed by atoms with Gasteiger partial charge in [0.05, 0.1) is 37.8 Å². The first-order valence-electron chi connectivity index (χ1n) is 8.25. The van der Waals surface area contributed by atoms with E-state index < -0.39 is 5.97 Å². The number of anilines is 2. The molecule has 1 saturated heterocycles. The molecule has 0 radical (unpaired) electrons. The number of carbonyl (C=O) groups excluding carboxylic acids is 2. The van der Waals surface area contributed by atoms with Crippen molar-refractivity contribution in [3.8, 4) is 0 Å². The number of benzene rings is 1. The van der Waals surface area contributed by atoms with Crippen LogP contribution in [-0.4, -0.2) is 45.3 Å². The molecule has 0 aliphatic carbocycles. The number of hydrogen-bond donors (Lipinski definition) is 1. The molecule has 2 heterocycles. The highest BCUT2D eigenvalue weighted by Gasteiger charge is 2.18. The Morgan fingerprint density at radius 2 is 2.04 bits per heavy atom. The molecular weight excluding hydrogens is 336 g/mol. The van der Waals surface area contributed by atoms with Gasteiger partial charge in [-0.1, -0.05) is 0 Å². The second kappa shape index (κ2) is 8.35. The summed E-state index contributed by atoms with van der Waals surface area (Å²) in [5.41, 5.74) is 1.58. The Balaban J connectivity index is 1.78. The lowest BCUT2D eigenvalue weighted by Gasteiger charge is -2.29. The fraction of sp³-hybridized carbons (Fsp3) is 0.263. The number of nitrogens with one attached hydrogen (secondary N) is 1. The minimum Gasteiger partial charge on any atom is -0.465 e. The van der Waals surface area contributed by atoms with Crippen molar-refractivity contribution in [2.45, 2.75) is 0 Å². The quantitative estimate of drug-likeness (QED) is 0.655. The fourth-order valence-corrected chi connectivity index (χ4v) is 2.66. The number of furan rings is 1. The van der Waals surface area contributed by atoms with E-state index in [9.17, 15) is 9.59 Å². The van der Waals surface area contributed by atoms with Gasteiger partial charge >= 0.3 is 5.97 Å². The summed E-state index contributed by atoms with van der Waals surface area (Å²) >= 11 is 0. The van der Waals surface area contributed by atoms with Crippen LogP contribution in [0.2, 0.25) is 0 Å². The molecule has 136 valence electrons. The van der Waals surface area contributed by atoms with Gasteiger partial charge in [0.1, 0.15) is 5.76 Å². The minimum absolute atomic E-state index is 0.302. The van der Waals surface area contributed by atoms with Crippen LogP contribution < -0.4 is 10.2 Å². The van der Waals surface area contributed by atoms with Crippen molar-refractivity contribution in [3.63, 3.8) is 0 Å². The maximum absolute atomic E-state index is 12.1. The van der Waals surface area contributed by atoms with E-state index in [1.807, 2.05) is 6.07 Å². The zero-order valence-corrected chi connectivity index (χ0v) is 14.4. The van der Waals surface area contributed by atoms with Gasteiger partial charge in [0, 0.05) is 24.9 Å². The first-order chi connectivity index (χ1) is 12.7. The van der Waals surface area contributed by atoms with Crippen molar-refractivity contribution >= 4 is 29.3 Å². The Bertz CT molecular complexity index is 792. The highest BCUT2D eigenvalue weighted by Crippen LogP contribution is 2.25. The van der Waals surface area contributed by atoms with E-state index in [0.717, 1.165) is 18.8 Å². The van der Waals surface area contributed by atoms with Crippen molar-refractivity contribution in [1.29, 1.82) is 0 Å². The van der Waals surface area contributed by atoms with Crippen molar-refractivity contribution in [3.05, 3.63) is 54.0 Å². The number of methoxy groups -OCH3 is 1. The van der Waals surface area contributed by atoms with E-state index in [-0.39, 0.29) is 5.91 Å². The fourth-order valence-electron chi connectivity index (χ4n) is 2.66. The van der Waals surface area contributed by atoms with Gasteiger partial charge in [0.15, 0.2) is 0 Å². The van der Waals surface area contributed by atoms with Gasteiger partial charge in [-0.2, -0.15) is 0 Å². The average molecular weight is 356 g/mol. The third kappa shape index (κ3) is 4.31. The lowest BCUT2D eigenvalue weighted by molar-refractivity contribution is -0.111. The van der Waals surface area contributed by atoms with Gasteiger partial charge in [-0.25, -0.2) is 4.79 Å². The van der Waals surface area contributed by atoms with Crippen LogP contribution in [0.1, 0.15) is 16.1 Å². The number of amides is 1. The van der Waals surface area contributed by atoms with Crippen LogP contribution >= 0.6 is 0 Å². The van der Waals surface area contributed by atoms with Crippen LogP contribution in [-0.2, 0) is 14.3 Å². The molecule has 7 heteroatoms. The first-order valence-corrected chi connectivity index (χ1v) is 8.25. The number of ether oxygens (including phenoxy) is 2. The monoisotopic (exact) mass is 356 g/mol. The molecule has 0 unspecified atom stereocenters. The number of hydrogen-bond acceptors (Lipinski definition) is 6. The van der Waals surface area contributed by atoms with Crippen molar-refractivity contribution in [1.82, 2.24) is 0 Å². The van der Waals surface area contributed by atoms with Crippen LogP contribution in [0, 0.1) is 0 Å². The van der Waals surface area contributed by atoms with Crippen molar-refractivity contribution in [2.24, 2.45) is 0 Å². The van der Waals surface area contributed by atoms with Crippen LogP contribution in [0.15, 0.2) is 47.1 Å². The van der Waals surface area contributed by atoms with Crippen molar-refractivity contribution in [2.75, 3.05) is 43.6 Å². The molecule has 1 aromatic heterocycles. The van der Waals surface area contributed by atoms with E-state index in [4.69, 9.17) is 13.9 Å². The summed E-state index contributed by atoms with van der Waals surface area (Å²) in [4.78, 5) is 26.4. The molecule has 0 spiro atoms. The smallest absolute Gasteiger partial charge is 0.340 e. The van der Waals surface area contributed by atoms with E-state index in [1.165, 1.54) is 19.4 Å². The summed E-state index contributed by atoms with van der Waals surface area (Å²) in [6, 6.07) is 8.76. The lowest BCUT2D eigenvalue weighted by Crippen LogP contribution is -2.36. The molecule has 2 aromatic rings. The maximum atomic E-state index is 12.1. The molecule has 1 aliphatic heterocycles. The highest BCUT2D eigenvalue weighted by atomic mass is 16.5. The summed E-state index contributed by atoms with van der Waals surface area (Å²) in [7, 11) is 1.31. The van der Waals surface area contributed by atoms with Crippen LogP contribution in [0.4, 0.5) is 11.4 Å². The third-order valence-corrected chi connectivity index (χ3v) is 3.98. The van der Waals surface area contributed by atoms with Crippen molar-refractivity contribution < 1.29 is 23.5 Å². The van der Waals surface area contributed by atoms with E-state index in [1.54, 1.807) is 30.3 Å². The summed E-state index contributed by atoms with van der Waals surface area (Å²) in [6.45, 7) is 2.78. The molecule has 0 bridgehead atoms. The molecular formula is C19H20N2O5. The predicted octanol–water partition coefficient (Wildman–Crippen LogP) is 2.55. The van der Waals surface area contributed by atoms with Crippen LogP contribution in [0.3, 0.4) is 0 Å². The Morgan fingerprint density at radius 1 is 1.23 bits per heavy atom. The standard InChI is InChI=1S/C19H20N2O5/c1-24-19(23)16-13-14(21-8-11-25-12-9-21)4-6-17(16)20-18(22)7-5-15-3-2-10-26-15/h2-7,10,13H,8-9,11-12H2,1H3,(H,20,22)/b7-5+. The first kappa shape index (κ1) is 17.8.